The number of tetrazole rings is 1. The molecular formula is C31H45N7O. The highest BCUT2D eigenvalue weighted by Crippen LogP contribution is 2.52. The number of benzene rings is 1. The van der Waals surface area contributed by atoms with Gasteiger partial charge in [0, 0.05) is 51.4 Å². The van der Waals surface area contributed by atoms with Crippen molar-refractivity contribution in [3.63, 3.8) is 0 Å². The highest BCUT2D eigenvalue weighted by Gasteiger charge is 2.52. The lowest BCUT2D eigenvalue weighted by Crippen LogP contribution is -2.40. The first-order chi connectivity index (χ1) is 18.4. The van der Waals surface area contributed by atoms with E-state index < -0.39 is 5.41 Å². The number of fused-ring (bicyclic) bond motifs is 1. The number of nitrogens with two attached hydrogens (primary N) is 1. The number of hydrogen-bond acceptors (Lipinski definition) is 6. The van der Waals surface area contributed by atoms with E-state index in [1.807, 2.05) is 31.1 Å². The van der Waals surface area contributed by atoms with Crippen molar-refractivity contribution in [2.45, 2.75) is 69.7 Å². The lowest BCUT2D eigenvalue weighted by atomic mass is 9.67. The minimum absolute atomic E-state index is 0.0103. The van der Waals surface area contributed by atoms with E-state index in [9.17, 15) is 4.79 Å². The van der Waals surface area contributed by atoms with Crippen molar-refractivity contribution in [3.8, 4) is 12.3 Å². The maximum atomic E-state index is 12.5. The van der Waals surface area contributed by atoms with Gasteiger partial charge >= 0.3 is 0 Å². The summed E-state index contributed by atoms with van der Waals surface area (Å²) in [6, 6.07) is 6.03. The van der Waals surface area contributed by atoms with Crippen LogP contribution < -0.4 is 5.73 Å². The molecule has 8 heteroatoms. The summed E-state index contributed by atoms with van der Waals surface area (Å²) in [5.74, 6) is 3.24. The van der Waals surface area contributed by atoms with Crippen LogP contribution in [-0.4, -0.2) is 70.1 Å². The van der Waals surface area contributed by atoms with Crippen LogP contribution in [-0.2, 0) is 11.8 Å². The molecule has 4 rings (SSSR count). The fourth-order valence-electron chi connectivity index (χ4n) is 4.93. The van der Waals surface area contributed by atoms with Gasteiger partial charge in [0.1, 0.15) is 0 Å². The zero-order chi connectivity index (χ0) is 29.4. The predicted molar refractivity (Wildman–Crippen MR) is 159 cm³/mol. The molecule has 0 spiro atoms. The summed E-state index contributed by atoms with van der Waals surface area (Å²) >= 11 is 0. The molecule has 2 aliphatic rings. The Kier molecular flexibility index (Phi) is 10.8. The van der Waals surface area contributed by atoms with Crippen molar-refractivity contribution < 1.29 is 4.79 Å². The number of H-pyrrole nitrogens is 1. The number of hydrogen-bond donors (Lipinski definition) is 2. The molecule has 0 radical (unpaired) electrons. The molecule has 1 saturated carbocycles. The molecule has 39 heavy (non-hydrogen) atoms. The van der Waals surface area contributed by atoms with Crippen LogP contribution >= 0.6 is 0 Å². The van der Waals surface area contributed by atoms with Gasteiger partial charge in [-0.1, -0.05) is 29.0 Å². The molecule has 0 saturated heterocycles. The highest BCUT2D eigenvalue weighted by atomic mass is 16.2. The quantitative estimate of drug-likeness (QED) is 0.399. The molecule has 0 aliphatic heterocycles. The third kappa shape index (κ3) is 7.24. The van der Waals surface area contributed by atoms with Crippen LogP contribution in [0.2, 0.25) is 0 Å². The Morgan fingerprint density at radius 2 is 1.82 bits per heavy atom. The smallest absolute Gasteiger partial charge is 0.253 e. The molecule has 1 unspecified atom stereocenters. The van der Waals surface area contributed by atoms with Crippen molar-refractivity contribution in [3.05, 3.63) is 77.3 Å². The highest BCUT2D eigenvalue weighted by molar-refractivity contribution is 5.94. The summed E-state index contributed by atoms with van der Waals surface area (Å²) < 4.78 is 0. The Balaban J connectivity index is 0.000000415. The molecule has 1 heterocycles. The molecule has 2 aromatic rings. The van der Waals surface area contributed by atoms with Crippen LogP contribution in [0.1, 0.15) is 79.7 Å². The standard InChI is InChI=1S/C21H28N6O.C8H13N.C2H4/c1-13-5-6-15-11-16(18(28)27(3)4)7-8-17(15)21(14(13)2,12-20(22)9-10-20)19-23-25-26-24-19;1-5-6-7-8(2)9(3)4;1-2/h7-8,11H,5-6,9-10,12,22H2,1-4H3,(H,23,24,25,26);1H,2,6-7H2,3-4H3;1-2H2. The topological polar surface area (TPSA) is 104 Å². The molecule has 1 amide bonds. The average Bonchev–Trinajstić information content (AvgIpc) is 3.42. The second kappa shape index (κ2) is 13.4. The zero-order valence-corrected chi connectivity index (χ0v) is 24.6. The summed E-state index contributed by atoms with van der Waals surface area (Å²) in [6.45, 7) is 14.2. The molecule has 1 fully saturated rings. The van der Waals surface area contributed by atoms with E-state index in [1.165, 1.54) is 11.1 Å². The van der Waals surface area contributed by atoms with Gasteiger partial charge < -0.3 is 15.5 Å². The molecule has 0 bridgehead atoms. The Hall–Kier alpha value is -3.70. The minimum Gasteiger partial charge on any atom is -0.381 e. The SMILES string of the molecule is C#CCCC(=C)N(C)C.C=C.CC1=C(C)C(CC2(N)CC2)(c2nn[nH]n2)c2ccc(C(=O)N(C)C)cc2CC1. The Morgan fingerprint density at radius 3 is 2.33 bits per heavy atom. The maximum absolute atomic E-state index is 12.5. The van der Waals surface area contributed by atoms with Gasteiger partial charge in [0.2, 0.25) is 0 Å². The summed E-state index contributed by atoms with van der Waals surface area (Å²) in [5, 5.41) is 15.3. The molecule has 1 aromatic carbocycles. The van der Waals surface area contributed by atoms with Crippen LogP contribution in [0.15, 0.2) is 54.8 Å². The largest absolute Gasteiger partial charge is 0.381 e. The molecule has 1 atom stereocenters. The fraction of sp³-hybridized carbons (Fsp3) is 0.484. The van der Waals surface area contributed by atoms with E-state index in [4.69, 9.17) is 12.2 Å². The fourth-order valence-corrected chi connectivity index (χ4v) is 4.93. The van der Waals surface area contributed by atoms with Crippen molar-refractivity contribution in [1.29, 1.82) is 0 Å². The molecule has 2 aliphatic carbocycles. The van der Waals surface area contributed by atoms with Gasteiger partial charge in [0.25, 0.3) is 5.91 Å². The molecule has 210 valence electrons. The molecule has 1 aromatic heterocycles. The van der Waals surface area contributed by atoms with E-state index in [2.05, 4.69) is 66.2 Å². The van der Waals surface area contributed by atoms with Gasteiger partial charge in [-0.3, -0.25) is 4.79 Å². The number of aromatic amines is 1. The van der Waals surface area contributed by atoms with Crippen molar-refractivity contribution in [2.24, 2.45) is 5.73 Å². The zero-order valence-electron chi connectivity index (χ0n) is 24.6. The van der Waals surface area contributed by atoms with Crippen LogP contribution in [0.25, 0.3) is 0 Å². The first kappa shape index (κ1) is 31.5. The number of carbonyl (C=O) groups excluding carboxylic acids is 1. The summed E-state index contributed by atoms with van der Waals surface area (Å²) in [4.78, 5) is 16.1. The first-order valence-corrected chi connectivity index (χ1v) is 13.3. The Morgan fingerprint density at radius 1 is 1.15 bits per heavy atom. The number of carbonyl (C=O) groups is 1. The van der Waals surface area contributed by atoms with Gasteiger partial charge in [-0.05, 0) is 75.6 Å². The van der Waals surface area contributed by atoms with Gasteiger partial charge in [-0.15, -0.1) is 35.7 Å². The molecule has 3 N–H and O–H groups in total. The van der Waals surface area contributed by atoms with Crippen LogP contribution in [0.4, 0.5) is 0 Å². The molecule has 8 nitrogen and oxygen atoms in total. The van der Waals surface area contributed by atoms with Crippen molar-refractivity contribution in [2.75, 3.05) is 28.2 Å². The number of aromatic nitrogens is 4. The normalized spacial score (nSPS) is 18.6. The van der Waals surface area contributed by atoms with Gasteiger partial charge in [-0.2, -0.15) is 5.21 Å². The van der Waals surface area contributed by atoms with Crippen molar-refractivity contribution >= 4 is 5.91 Å². The van der Waals surface area contributed by atoms with Crippen LogP contribution in [0.3, 0.4) is 0 Å². The van der Waals surface area contributed by atoms with E-state index >= 15 is 0 Å². The van der Waals surface area contributed by atoms with E-state index in [1.54, 1.807) is 19.0 Å². The Bertz CT molecular complexity index is 1220. The number of aryl methyl sites for hydroxylation is 1. The predicted octanol–water partition coefficient (Wildman–Crippen LogP) is 4.63. The third-order valence-corrected chi connectivity index (χ3v) is 7.69. The van der Waals surface area contributed by atoms with Gasteiger partial charge in [-0.25, -0.2) is 0 Å². The van der Waals surface area contributed by atoms with E-state index in [0.717, 1.165) is 61.8 Å². The summed E-state index contributed by atoms with van der Waals surface area (Å²) in [6.07, 6.45) is 11.3. The van der Waals surface area contributed by atoms with Gasteiger partial charge in [0.15, 0.2) is 5.82 Å². The second-order valence-electron chi connectivity index (χ2n) is 10.8. The number of amides is 1. The minimum atomic E-state index is -0.520. The summed E-state index contributed by atoms with van der Waals surface area (Å²) in [7, 11) is 7.50. The number of nitrogens with one attached hydrogen (secondary N) is 1. The lowest BCUT2D eigenvalue weighted by molar-refractivity contribution is 0.0827. The van der Waals surface area contributed by atoms with Crippen LogP contribution in [0.5, 0.6) is 0 Å². The van der Waals surface area contributed by atoms with E-state index in [0.29, 0.717) is 11.4 Å². The third-order valence-electron chi connectivity index (χ3n) is 7.69. The molecular weight excluding hydrogens is 486 g/mol. The number of allylic oxidation sites excluding steroid dienone is 3. The first-order valence-electron chi connectivity index (χ1n) is 13.3. The van der Waals surface area contributed by atoms with Crippen LogP contribution in [0, 0.1) is 12.3 Å². The second-order valence-corrected chi connectivity index (χ2v) is 10.8. The monoisotopic (exact) mass is 531 g/mol. The summed E-state index contributed by atoms with van der Waals surface area (Å²) in [5.41, 5.74) is 12.6. The van der Waals surface area contributed by atoms with Gasteiger partial charge in [0.05, 0.1) is 5.41 Å². The number of rotatable bonds is 7. The number of nitrogens with zero attached hydrogens (tertiary/aromatic N) is 5. The average molecular weight is 532 g/mol. The van der Waals surface area contributed by atoms with E-state index in [-0.39, 0.29) is 11.4 Å². The maximum Gasteiger partial charge on any atom is 0.253 e. The van der Waals surface area contributed by atoms with Crippen molar-refractivity contribution in [1.82, 2.24) is 30.4 Å². The lowest BCUT2D eigenvalue weighted by Gasteiger charge is -2.36. The Labute approximate surface area is 234 Å². The number of terminal acetylenes is 1.